The first-order valence-corrected chi connectivity index (χ1v) is 13.0. The molecule has 2 aromatic rings. The molecule has 37 heavy (non-hydrogen) atoms. The molecule has 0 spiro atoms. The molecule has 200 valence electrons. The minimum Gasteiger partial charge on any atom is -0.463 e. The van der Waals surface area contributed by atoms with Crippen LogP contribution in [-0.4, -0.2) is 79.1 Å². The summed E-state index contributed by atoms with van der Waals surface area (Å²) < 4.78 is 32.3. The third-order valence-corrected chi connectivity index (χ3v) is 6.43. The predicted molar refractivity (Wildman–Crippen MR) is 143 cm³/mol. The SMILES string of the molecule is CCOC(=O)C1=C(CN2CC(F)C(/C=C/C=O)C2)NC(c2nccs2)=NC1.CO.Fc1cccc(Br)c1. The number of hydrogen-bond donors (Lipinski definition) is 2. The van der Waals surface area contributed by atoms with Crippen molar-refractivity contribution >= 4 is 45.4 Å². The van der Waals surface area contributed by atoms with Crippen LogP contribution in [0.15, 0.2) is 68.7 Å². The lowest BCUT2D eigenvalue weighted by Gasteiger charge is -2.24. The van der Waals surface area contributed by atoms with Crippen LogP contribution >= 0.6 is 27.3 Å². The first-order valence-electron chi connectivity index (χ1n) is 11.4. The molecule has 2 aliphatic rings. The Hall–Kier alpha value is -2.80. The Morgan fingerprint density at radius 2 is 2.16 bits per heavy atom. The van der Waals surface area contributed by atoms with Crippen LogP contribution in [0.1, 0.15) is 11.9 Å². The van der Waals surface area contributed by atoms with Crippen molar-refractivity contribution in [2.75, 3.05) is 39.9 Å². The van der Waals surface area contributed by atoms with Crippen LogP contribution in [0.3, 0.4) is 0 Å². The molecule has 4 rings (SSSR count). The van der Waals surface area contributed by atoms with Crippen LogP contribution in [0, 0.1) is 11.7 Å². The number of nitrogens with zero attached hydrogens (tertiary/aromatic N) is 3. The van der Waals surface area contributed by atoms with Crippen LogP contribution in [0.5, 0.6) is 0 Å². The van der Waals surface area contributed by atoms with Crippen molar-refractivity contribution in [3.63, 3.8) is 0 Å². The van der Waals surface area contributed by atoms with E-state index in [1.807, 2.05) is 10.3 Å². The molecule has 2 N–H and O–H groups in total. The first kappa shape index (κ1) is 30.4. The van der Waals surface area contributed by atoms with E-state index >= 15 is 0 Å². The highest BCUT2D eigenvalue weighted by molar-refractivity contribution is 9.10. The third-order valence-electron chi connectivity index (χ3n) is 5.16. The van der Waals surface area contributed by atoms with Crippen LogP contribution < -0.4 is 5.32 Å². The molecule has 0 radical (unpaired) electrons. The largest absolute Gasteiger partial charge is 0.463 e. The van der Waals surface area contributed by atoms with Crippen LogP contribution in [0.2, 0.25) is 0 Å². The summed E-state index contributed by atoms with van der Waals surface area (Å²) in [5.74, 6) is -0.367. The number of carbonyl (C=O) groups excluding carboxylic acids is 2. The first-order chi connectivity index (χ1) is 17.9. The van der Waals surface area contributed by atoms with Crippen LogP contribution in [-0.2, 0) is 14.3 Å². The number of aliphatic hydroxyl groups excluding tert-OH is 1. The van der Waals surface area contributed by atoms with Gasteiger partial charge < -0.3 is 15.2 Å². The van der Waals surface area contributed by atoms with Gasteiger partial charge in [0.25, 0.3) is 0 Å². The molecule has 0 amide bonds. The number of benzene rings is 1. The fourth-order valence-corrected chi connectivity index (χ4v) is 4.54. The van der Waals surface area contributed by atoms with E-state index in [2.05, 4.69) is 31.2 Å². The van der Waals surface area contributed by atoms with E-state index in [-0.39, 0.29) is 31.4 Å². The number of carbonyl (C=O) groups is 2. The van der Waals surface area contributed by atoms with Crippen molar-refractivity contribution in [3.8, 4) is 0 Å². The quantitative estimate of drug-likeness (QED) is 0.285. The van der Waals surface area contributed by atoms with E-state index in [0.717, 1.165) is 16.6 Å². The highest BCUT2D eigenvalue weighted by atomic mass is 79.9. The van der Waals surface area contributed by atoms with Gasteiger partial charge >= 0.3 is 5.97 Å². The monoisotopic (exact) mass is 598 g/mol. The Morgan fingerprint density at radius 3 is 2.76 bits per heavy atom. The highest BCUT2D eigenvalue weighted by Gasteiger charge is 2.33. The van der Waals surface area contributed by atoms with Crippen molar-refractivity contribution in [2.45, 2.75) is 13.1 Å². The van der Waals surface area contributed by atoms with E-state index in [9.17, 15) is 18.4 Å². The van der Waals surface area contributed by atoms with Gasteiger partial charge in [0.1, 0.15) is 18.3 Å². The van der Waals surface area contributed by atoms with Crippen molar-refractivity contribution in [2.24, 2.45) is 10.9 Å². The number of likely N-dealkylation sites (tertiary alicyclic amines) is 1. The van der Waals surface area contributed by atoms with Gasteiger partial charge in [0.15, 0.2) is 10.8 Å². The Kier molecular flexibility index (Phi) is 13.3. The van der Waals surface area contributed by atoms with E-state index in [1.165, 1.54) is 29.5 Å². The molecule has 1 saturated heterocycles. The standard InChI is InChI=1S/C18H21FN4O3S.C6H4BrF.CH4O/c1-2-26-18(25)13-8-21-16(17-20-5-7-27-17)22-15(13)11-23-9-12(4-3-6-24)14(19)10-23;7-5-2-1-3-6(8)4-5;1-2/h3-7,12,14H,2,8-11H2,1H3,(H,21,22);1-4H;2H,1H3/b4-3+;;. The van der Waals surface area contributed by atoms with Crippen molar-refractivity contribution < 1.29 is 28.2 Å². The number of allylic oxidation sites excluding steroid dienone is 1. The summed E-state index contributed by atoms with van der Waals surface area (Å²) in [6, 6.07) is 6.26. The maximum atomic E-state index is 14.2. The molecule has 2 aliphatic heterocycles. The Morgan fingerprint density at radius 1 is 1.38 bits per heavy atom. The fourth-order valence-electron chi connectivity index (χ4n) is 3.57. The number of esters is 1. The average Bonchev–Trinajstić information content (AvgIpc) is 3.54. The highest BCUT2D eigenvalue weighted by Crippen LogP contribution is 2.24. The molecule has 1 fully saturated rings. The molecule has 12 heteroatoms. The van der Waals surface area contributed by atoms with E-state index in [0.29, 0.717) is 36.5 Å². The van der Waals surface area contributed by atoms with Gasteiger partial charge in [0.05, 0.1) is 18.7 Å². The lowest BCUT2D eigenvalue weighted by atomic mass is 10.1. The fraction of sp³-hybridized carbons (Fsp3) is 0.360. The number of halogens is 3. The van der Waals surface area contributed by atoms with Gasteiger partial charge in [-0.25, -0.2) is 18.6 Å². The number of hydrogen-bond acceptors (Lipinski definition) is 9. The van der Waals surface area contributed by atoms with Gasteiger partial charge in [0.2, 0.25) is 0 Å². The topological polar surface area (TPSA) is 104 Å². The zero-order valence-electron chi connectivity index (χ0n) is 20.4. The van der Waals surface area contributed by atoms with E-state index in [1.54, 1.807) is 31.3 Å². The maximum absolute atomic E-state index is 14.2. The van der Waals surface area contributed by atoms with Gasteiger partial charge in [-0.05, 0) is 31.2 Å². The molecule has 8 nitrogen and oxygen atoms in total. The molecular weight excluding hydrogens is 570 g/mol. The molecule has 2 atom stereocenters. The van der Waals surface area contributed by atoms with Crippen LogP contribution in [0.4, 0.5) is 8.78 Å². The van der Waals surface area contributed by atoms with E-state index < -0.39 is 12.1 Å². The summed E-state index contributed by atoms with van der Waals surface area (Å²) in [4.78, 5) is 33.3. The minimum absolute atomic E-state index is 0.192. The number of aliphatic hydroxyl groups is 1. The maximum Gasteiger partial charge on any atom is 0.337 e. The van der Waals surface area contributed by atoms with Gasteiger partial charge in [-0.3, -0.25) is 14.7 Å². The second-order valence-corrected chi connectivity index (χ2v) is 9.45. The minimum atomic E-state index is -1.05. The van der Waals surface area contributed by atoms with Crippen molar-refractivity contribution in [3.05, 3.63) is 74.6 Å². The number of aldehydes is 1. The zero-order chi connectivity index (χ0) is 27.2. The number of rotatable bonds is 7. The second kappa shape index (κ2) is 16.1. The summed E-state index contributed by atoms with van der Waals surface area (Å²) in [6.07, 6.45) is 4.21. The van der Waals surface area contributed by atoms with E-state index in [4.69, 9.17) is 9.84 Å². The lowest BCUT2D eigenvalue weighted by molar-refractivity contribution is -0.138. The molecule has 0 bridgehead atoms. The number of thiazole rings is 1. The number of aliphatic imine (C=N–C) groups is 1. The van der Waals surface area contributed by atoms with Gasteiger partial charge in [-0.15, -0.1) is 11.3 Å². The summed E-state index contributed by atoms with van der Waals surface area (Å²) in [6.45, 7) is 3.28. The molecule has 0 saturated carbocycles. The smallest absolute Gasteiger partial charge is 0.337 e. The Labute approximate surface area is 226 Å². The lowest BCUT2D eigenvalue weighted by Crippen LogP contribution is -2.38. The molecule has 1 aromatic carbocycles. The van der Waals surface area contributed by atoms with Gasteiger partial charge in [-0.1, -0.05) is 28.1 Å². The molecule has 3 heterocycles. The second-order valence-electron chi connectivity index (χ2n) is 7.64. The van der Waals surface area contributed by atoms with Crippen molar-refractivity contribution in [1.29, 1.82) is 0 Å². The Bertz CT molecular complexity index is 1090. The predicted octanol–water partition coefficient (Wildman–Crippen LogP) is 3.53. The Balaban J connectivity index is 0.000000406. The average molecular weight is 599 g/mol. The number of alkyl halides is 1. The zero-order valence-corrected chi connectivity index (χ0v) is 22.8. The van der Waals surface area contributed by atoms with Crippen molar-refractivity contribution in [1.82, 2.24) is 15.2 Å². The van der Waals surface area contributed by atoms with Crippen LogP contribution in [0.25, 0.3) is 0 Å². The summed E-state index contributed by atoms with van der Waals surface area (Å²) in [7, 11) is 1.00. The third kappa shape index (κ3) is 9.54. The summed E-state index contributed by atoms with van der Waals surface area (Å²) >= 11 is 4.57. The normalized spacial score (nSPS) is 19.2. The number of nitrogens with one attached hydrogen (secondary N) is 1. The molecule has 2 unspecified atom stereocenters. The summed E-state index contributed by atoms with van der Waals surface area (Å²) in [5.41, 5.74) is 1.10. The molecule has 1 aromatic heterocycles. The molecular formula is C25H29BrF2N4O4S. The van der Waals surface area contributed by atoms with Gasteiger partial charge in [0, 0.05) is 54.4 Å². The number of aromatic nitrogens is 1. The number of ether oxygens (including phenoxy) is 1. The molecule has 0 aliphatic carbocycles. The summed E-state index contributed by atoms with van der Waals surface area (Å²) in [5, 5.41) is 12.8. The van der Waals surface area contributed by atoms with Gasteiger partial charge in [-0.2, -0.15) is 0 Å². The number of amidine groups is 1.